The van der Waals surface area contributed by atoms with Crippen molar-refractivity contribution in [2.45, 2.75) is 12.5 Å². The number of rotatable bonds is 4. The highest BCUT2D eigenvalue weighted by atomic mass is 32.1. The maximum atomic E-state index is 9.75. The van der Waals surface area contributed by atoms with Gasteiger partial charge in [0.25, 0.3) is 0 Å². The van der Waals surface area contributed by atoms with E-state index in [0.717, 1.165) is 10.7 Å². The Morgan fingerprint density at radius 1 is 1.60 bits per heavy atom. The van der Waals surface area contributed by atoms with Gasteiger partial charge in [0.2, 0.25) is 0 Å². The van der Waals surface area contributed by atoms with Crippen molar-refractivity contribution < 1.29 is 5.11 Å². The highest BCUT2D eigenvalue weighted by Crippen LogP contribution is 2.12. The second-order valence-corrected chi connectivity index (χ2v) is 4.82. The molecule has 0 aliphatic carbocycles. The van der Waals surface area contributed by atoms with Gasteiger partial charge in [0.1, 0.15) is 0 Å². The molecule has 0 saturated carbocycles. The quantitative estimate of drug-likeness (QED) is 0.839. The summed E-state index contributed by atoms with van der Waals surface area (Å²) < 4.78 is 1.99. The van der Waals surface area contributed by atoms with Gasteiger partial charge >= 0.3 is 0 Å². The molecule has 0 aliphatic rings. The molecule has 0 aromatic carbocycles. The zero-order valence-electron chi connectivity index (χ0n) is 8.92. The molecule has 0 saturated heterocycles. The lowest BCUT2D eigenvalue weighted by atomic mass is 10.2. The Hall–Kier alpha value is -0.910. The zero-order chi connectivity index (χ0) is 10.8. The molecular weight excluding hydrogens is 210 g/mol. The van der Waals surface area contributed by atoms with Crippen molar-refractivity contribution in [1.82, 2.24) is 14.3 Å². The molecule has 1 atom stereocenters. The van der Waals surface area contributed by atoms with Crippen LogP contribution in [0.5, 0.6) is 0 Å². The first-order valence-electron chi connectivity index (χ1n) is 4.89. The first-order chi connectivity index (χ1) is 7.15. The van der Waals surface area contributed by atoms with Crippen LogP contribution in [0.2, 0.25) is 0 Å². The number of imidazole rings is 1. The Bertz CT molecular complexity index is 406. The molecule has 0 fully saturated rings. The molecule has 2 heterocycles. The Kier molecular flexibility index (Phi) is 3.04. The van der Waals surface area contributed by atoms with E-state index in [-0.39, 0.29) is 6.10 Å². The monoisotopic (exact) mass is 225 g/mol. The molecule has 0 spiro atoms. The van der Waals surface area contributed by atoms with Crippen LogP contribution in [0.15, 0.2) is 17.8 Å². The van der Waals surface area contributed by atoms with E-state index >= 15 is 0 Å². The molecule has 5 heteroatoms. The summed E-state index contributed by atoms with van der Waals surface area (Å²) in [6.07, 6.45) is 4.23. The number of aliphatic hydroxyl groups excluding tert-OH is 1. The average molecular weight is 225 g/mol. The van der Waals surface area contributed by atoms with E-state index in [9.17, 15) is 5.11 Å². The number of aliphatic hydroxyl groups is 1. The highest BCUT2D eigenvalue weighted by molar-refractivity contribution is 7.15. The van der Waals surface area contributed by atoms with Gasteiger partial charge in [-0.25, -0.2) is 4.98 Å². The Morgan fingerprint density at radius 2 is 2.40 bits per heavy atom. The summed E-state index contributed by atoms with van der Waals surface area (Å²) in [4.78, 5) is 7.39. The summed E-state index contributed by atoms with van der Waals surface area (Å²) in [6, 6.07) is 0. The van der Waals surface area contributed by atoms with Crippen molar-refractivity contribution in [2.24, 2.45) is 0 Å². The van der Waals surface area contributed by atoms with Crippen LogP contribution in [0.1, 0.15) is 5.69 Å². The Balaban J connectivity index is 2.02. The highest BCUT2D eigenvalue weighted by Gasteiger charge is 2.10. The standard InChI is InChI=1S/C10H15N3OS/c1-12(2)7-9(14)5-8-6-13-3-4-15-10(13)11-8/h3-4,6,9,14H,5,7H2,1-2H3. The number of likely N-dealkylation sites (N-methyl/N-ethyl adjacent to an activating group) is 1. The van der Waals surface area contributed by atoms with Crippen molar-refractivity contribution >= 4 is 16.3 Å². The van der Waals surface area contributed by atoms with E-state index in [0.29, 0.717) is 13.0 Å². The van der Waals surface area contributed by atoms with Crippen LogP contribution in [0, 0.1) is 0 Å². The van der Waals surface area contributed by atoms with Crippen molar-refractivity contribution in [1.29, 1.82) is 0 Å². The van der Waals surface area contributed by atoms with Gasteiger partial charge in [0.05, 0.1) is 11.8 Å². The smallest absolute Gasteiger partial charge is 0.193 e. The fraction of sp³-hybridized carbons (Fsp3) is 0.500. The van der Waals surface area contributed by atoms with Crippen molar-refractivity contribution in [3.8, 4) is 0 Å². The minimum Gasteiger partial charge on any atom is -0.391 e. The van der Waals surface area contributed by atoms with Crippen molar-refractivity contribution in [2.75, 3.05) is 20.6 Å². The summed E-state index contributed by atoms with van der Waals surface area (Å²) in [5, 5.41) is 11.8. The number of hydrogen-bond acceptors (Lipinski definition) is 4. The van der Waals surface area contributed by atoms with Crippen LogP contribution in [0.25, 0.3) is 4.96 Å². The van der Waals surface area contributed by atoms with Crippen LogP contribution < -0.4 is 0 Å². The number of aromatic nitrogens is 2. The summed E-state index contributed by atoms with van der Waals surface area (Å²) in [5.41, 5.74) is 0.955. The fourth-order valence-corrected chi connectivity index (χ4v) is 2.32. The molecule has 0 bridgehead atoms. The molecule has 0 amide bonds. The van der Waals surface area contributed by atoms with Gasteiger partial charge in [-0.1, -0.05) is 0 Å². The third kappa shape index (κ3) is 2.56. The first-order valence-corrected chi connectivity index (χ1v) is 5.77. The maximum absolute atomic E-state index is 9.75. The van der Waals surface area contributed by atoms with Crippen LogP contribution >= 0.6 is 11.3 Å². The van der Waals surface area contributed by atoms with Gasteiger partial charge in [-0.05, 0) is 14.1 Å². The summed E-state index contributed by atoms with van der Waals surface area (Å²) in [6.45, 7) is 0.672. The molecule has 1 unspecified atom stereocenters. The maximum Gasteiger partial charge on any atom is 0.193 e. The topological polar surface area (TPSA) is 40.8 Å². The van der Waals surface area contributed by atoms with Crippen molar-refractivity contribution in [3.05, 3.63) is 23.5 Å². The van der Waals surface area contributed by atoms with Gasteiger partial charge in [-0.3, -0.25) is 4.40 Å². The van der Waals surface area contributed by atoms with Gasteiger partial charge in [-0.2, -0.15) is 0 Å². The Morgan fingerprint density at radius 3 is 3.07 bits per heavy atom. The second kappa shape index (κ2) is 4.30. The summed E-state index contributed by atoms with van der Waals surface area (Å²) in [5.74, 6) is 0. The number of thiazole rings is 1. The van der Waals surface area contributed by atoms with Crippen LogP contribution in [0.3, 0.4) is 0 Å². The van der Waals surface area contributed by atoms with E-state index in [1.165, 1.54) is 0 Å². The summed E-state index contributed by atoms with van der Waals surface area (Å²) >= 11 is 1.61. The normalized spacial score (nSPS) is 13.9. The van der Waals surface area contributed by atoms with E-state index in [2.05, 4.69) is 4.98 Å². The van der Waals surface area contributed by atoms with Crippen LogP contribution in [0.4, 0.5) is 0 Å². The minimum atomic E-state index is -0.343. The molecule has 2 aromatic rings. The fourth-order valence-electron chi connectivity index (χ4n) is 1.60. The van der Waals surface area contributed by atoms with E-state index < -0.39 is 0 Å². The molecule has 0 aliphatic heterocycles. The zero-order valence-corrected chi connectivity index (χ0v) is 9.74. The SMILES string of the molecule is CN(C)CC(O)Cc1cn2ccsc2n1. The molecule has 2 rings (SSSR count). The summed E-state index contributed by atoms with van der Waals surface area (Å²) in [7, 11) is 3.91. The lowest BCUT2D eigenvalue weighted by Gasteiger charge is -2.14. The molecule has 4 nitrogen and oxygen atoms in total. The third-order valence-electron chi connectivity index (χ3n) is 2.16. The molecule has 1 N–H and O–H groups in total. The predicted molar refractivity (Wildman–Crippen MR) is 61.3 cm³/mol. The molecule has 82 valence electrons. The lowest BCUT2D eigenvalue weighted by molar-refractivity contribution is 0.136. The van der Waals surface area contributed by atoms with Gasteiger partial charge < -0.3 is 10.0 Å². The Labute approximate surface area is 92.8 Å². The molecule has 0 radical (unpaired) electrons. The number of fused-ring (bicyclic) bond motifs is 1. The van der Waals surface area contributed by atoms with Crippen LogP contribution in [-0.4, -0.2) is 46.1 Å². The van der Waals surface area contributed by atoms with Crippen molar-refractivity contribution in [3.63, 3.8) is 0 Å². The van der Waals surface area contributed by atoms with Gasteiger partial charge in [0, 0.05) is 30.7 Å². The molecular formula is C10H15N3OS. The predicted octanol–water partition coefficient (Wildman–Crippen LogP) is 0.861. The van der Waals surface area contributed by atoms with Crippen LogP contribution in [-0.2, 0) is 6.42 Å². The lowest BCUT2D eigenvalue weighted by Crippen LogP contribution is -2.27. The first kappa shape index (κ1) is 10.6. The van der Waals surface area contributed by atoms with Gasteiger partial charge in [-0.15, -0.1) is 11.3 Å². The molecule has 2 aromatic heterocycles. The van der Waals surface area contributed by atoms with Gasteiger partial charge in [0.15, 0.2) is 4.96 Å². The van der Waals surface area contributed by atoms with E-state index in [4.69, 9.17) is 0 Å². The minimum absolute atomic E-state index is 0.343. The average Bonchev–Trinajstić information content (AvgIpc) is 2.60. The van der Waals surface area contributed by atoms with E-state index in [1.807, 2.05) is 41.2 Å². The third-order valence-corrected chi connectivity index (χ3v) is 2.93. The van der Waals surface area contributed by atoms with E-state index in [1.54, 1.807) is 11.3 Å². The second-order valence-electron chi connectivity index (χ2n) is 3.95. The number of hydrogen-bond donors (Lipinski definition) is 1. The number of nitrogens with zero attached hydrogens (tertiary/aromatic N) is 3. The molecule has 15 heavy (non-hydrogen) atoms. The largest absolute Gasteiger partial charge is 0.391 e.